The van der Waals surface area contributed by atoms with Crippen molar-refractivity contribution in [3.8, 4) is 5.75 Å². The van der Waals surface area contributed by atoms with E-state index in [2.05, 4.69) is 12.2 Å². The standard InChI is InChI=1S/C15H24FNO2/c1-4-5-8-18-9-10-19-15-7-6-13(16)11-14(15)12(2)17-3/h6-7,11-12,17H,4-5,8-10H2,1-3H3. The van der Waals surface area contributed by atoms with Crippen molar-refractivity contribution in [3.05, 3.63) is 29.6 Å². The van der Waals surface area contributed by atoms with Gasteiger partial charge in [0.15, 0.2) is 0 Å². The van der Waals surface area contributed by atoms with Crippen molar-refractivity contribution in [1.82, 2.24) is 5.32 Å². The largest absolute Gasteiger partial charge is 0.491 e. The average Bonchev–Trinajstić information content (AvgIpc) is 2.43. The predicted octanol–water partition coefficient (Wildman–Crippen LogP) is 3.30. The Kier molecular flexibility index (Phi) is 7.45. The fourth-order valence-corrected chi connectivity index (χ4v) is 1.70. The molecule has 1 aromatic carbocycles. The van der Waals surface area contributed by atoms with Crippen LogP contribution in [-0.4, -0.2) is 26.9 Å². The third-order valence-corrected chi connectivity index (χ3v) is 3.00. The Morgan fingerprint density at radius 1 is 1.26 bits per heavy atom. The van der Waals surface area contributed by atoms with Crippen LogP contribution >= 0.6 is 0 Å². The smallest absolute Gasteiger partial charge is 0.124 e. The molecule has 1 unspecified atom stereocenters. The van der Waals surface area contributed by atoms with Crippen molar-refractivity contribution in [2.24, 2.45) is 0 Å². The van der Waals surface area contributed by atoms with Crippen LogP contribution in [0.2, 0.25) is 0 Å². The molecule has 1 aromatic rings. The summed E-state index contributed by atoms with van der Waals surface area (Å²) in [5.41, 5.74) is 0.830. The van der Waals surface area contributed by atoms with Crippen molar-refractivity contribution in [1.29, 1.82) is 0 Å². The molecule has 0 aliphatic heterocycles. The van der Waals surface area contributed by atoms with Crippen LogP contribution in [0.1, 0.15) is 38.3 Å². The maximum atomic E-state index is 13.3. The van der Waals surface area contributed by atoms with E-state index < -0.39 is 0 Å². The van der Waals surface area contributed by atoms with E-state index in [1.807, 2.05) is 14.0 Å². The van der Waals surface area contributed by atoms with E-state index in [1.165, 1.54) is 12.1 Å². The molecule has 0 aliphatic rings. The van der Waals surface area contributed by atoms with Crippen molar-refractivity contribution in [2.75, 3.05) is 26.9 Å². The van der Waals surface area contributed by atoms with Crippen LogP contribution in [0.4, 0.5) is 4.39 Å². The zero-order chi connectivity index (χ0) is 14.1. The molecule has 3 nitrogen and oxygen atoms in total. The number of halogens is 1. The van der Waals surface area contributed by atoms with Gasteiger partial charge in [0, 0.05) is 18.2 Å². The molecule has 0 heterocycles. The zero-order valence-corrected chi connectivity index (χ0v) is 12.0. The molecule has 0 fully saturated rings. The molecular weight excluding hydrogens is 245 g/mol. The molecule has 1 rings (SSSR count). The summed E-state index contributed by atoms with van der Waals surface area (Å²) < 4.78 is 24.4. The summed E-state index contributed by atoms with van der Waals surface area (Å²) in [6, 6.07) is 4.64. The molecule has 1 atom stereocenters. The number of hydrogen-bond acceptors (Lipinski definition) is 3. The summed E-state index contributed by atoms with van der Waals surface area (Å²) in [4.78, 5) is 0. The third-order valence-electron chi connectivity index (χ3n) is 3.00. The van der Waals surface area contributed by atoms with E-state index in [1.54, 1.807) is 6.07 Å². The van der Waals surface area contributed by atoms with Gasteiger partial charge < -0.3 is 14.8 Å². The van der Waals surface area contributed by atoms with Gasteiger partial charge in [-0.3, -0.25) is 0 Å². The van der Waals surface area contributed by atoms with Crippen molar-refractivity contribution in [3.63, 3.8) is 0 Å². The minimum atomic E-state index is -0.247. The molecule has 0 saturated heterocycles. The summed E-state index contributed by atoms with van der Waals surface area (Å²) in [6.45, 7) is 5.91. The monoisotopic (exact) mass is 269 g/mol. The predicted molar refractivity (Wildman–Crippen MR) is 75.1 cm³/mol. The van der Waals surface area contributed by atoms with Crippen LogP contribution in [0.15, 0.2) is 18.2 Å². The summed E-state index contributed by atoms with van der Waals surface area (Å²) in [5.74, 6) is 0.464. The molecule has 0 saturated carbocycles. The number of benzene rings is 1. The van der Waals surface area contributed by atoms with Gasteiger partial charge in [-0.25, -0.2) is 4.39 Å². The summed E-state index contributed by atoms with van der Waals surface area (Å²) >= 11 is 0. The van der Waals surface area contributed by atoms with E-state index in [-0.39, 0.29) is 11.9 Å². The Labute approximate surface area is 115 Å². The van der Waals surface area contributed by atoms with Crippen molar-refractivity contribution >= 4 is 0 Å². The van der Waals surface area contributed by atoms with Crippen LogP contribution in [0, 0.1) is 5.82 Å². The molecular formula is C15H24FNO2. The highest BCUT2D eigenvalue weighted by Crippen LogP contribution is 2.25. The number of rotatable bonds is 9. The fraction of sp³-hybridized carbons (Fsp3) is 0.600. The maximum absolute atomic E-state index is 13.3. The van der Waals surface area contributed by atoms with E-state index in [4.69, 9.17) is 9.47 Å². The van der Waals surface area contributed by atoms with Crippen molar-refractivity contribution < 1.29 is 13.9 Å². The van der Waals surface area contributed by atoms with Crippen LogP contribution in [-0.2, 0) is 4.74 Å². The molecule has 1 N–H and O–H groups in total. The minimum absolute atomic E-state index is 0.0479. The molecule has 0 amide bonds. The van der Waals surface area contributed by atoms with Crippen LogP contribution in [0.25, 0.3) is 0 Å². The first kappa shape index (κ1) is 15.9. The van der Waals surface area contributed by atoms with Gasteiger partial charge >= 0.3 is 0 Å². The lowest BCUT2D eigenvalue weighted by Crippen LogP contribution is -2.15. The quantitative estimate of drug-likeness (QED) is 0.698. The molecule has 0 radical (unpaired) electrons. The Hall–Kier alpha value is -1.13. The lowest BCUT2D eigenvalue weighted by molar-refractivity contribution is 0.0975. The van der Waals surface area contributed by atoms with Gasteiger partial charge in [-0.2, -0.15) is 0 Å². The molecule has 19 heavy (non-hydrogen) atoms. The number of unbranched alkanes of at least 4 members (excludes halogenated alkanes) is 1. The lowest BCUT2D eigenvalue weighted by atomic mass is 10.1. The zero-order valence-electron chi connectivity index (χ0n) is 12.0. The van der Waals surface area contributed by atoms with E-state index >= 15 is 0 Å². The second-order valence-electron chi connectivity index (χ2n) is 4.51. The average molecular weight is 269 g/mol. The highest BCUT2D eigenvalue weighted by Gasteiger charge is 2.11. The topological polar surface area (TPSA) is 30.5 Å². The second-order valence-corrected chi connectivity index (χ2v) is 4.51. The van der Waals surface area contributed by atoms with E-state index in [0.29, 0.717) is 19.0 Å². The lowest BCUT2D eigenvalue weighted by Gasteiger charge is -2.16. The highest BCUT2D eigenvalue weighted by molar-refractivity contribution is 5.36. The summed E-state index contributed by atoms with van der Waals surface area (Å²) in [5, 5.41) is 3.09. The van der Waals surface area contributed by atoms with Gasteiger partial charge in [0.1, 0.15) is 18.2 Å². The van der Waals surface area contributed by atoms with E-state index in [9.17, 15) is 4.39 Å². The van der Waals surface area contributed by atoms with Gasteiger partial charge in [-0.1, -0.05) is 13.3 Å². The van der Waals surface area contributed by atoms with Gasteiger partial charge in [0.05, 0.1) is 6.61 Å². The van der Waals surface area contributed by atoms with Crippen molar-refractivity contribution in [2.45, 2.75) is 32.7 Å². The molecule has 0 bridgehead atoms. The number of nitrogens with one attached hydrogen (secondary N) is 1. The van der Waals surface area contributed by atoms with Crippen LogP contribution < -0.4 is 10.1 Å². The van der Waals surface area contributed by atoms with Crippen LogP contribution in [0.3, 0.4) is 0 Å². The summed E-state index contributed by atoms with van der Waals surface area (Å²) in [6.07, 6.45) is 2.20. The molecule has 108 valence electrons. The molecule has 0 aromatic heterocycles. The van der Waals surface area contributed by atoms with Gasteiger partial charge in [0.25, 0.3) is 0 Å². The van der Waals surface area contributed by atoms with Gasteiger partial charge in [-0.05, 0) is 38.6 Å². The first-order chi connectivity index (χ1) is 9.19. The minimum Gasteiger partial charge on any atom is -0.491 e. The Balaban J connectivity index is 2.48. The summed E-state index contributed by atoms with van der Waals surface area (Å²) in [7, 11) is 1.84. The second kappa shape index (κ2) is 8.88. The number of ether oxygens (including phenoxy) is 2. The van der Waals surface area contributed by atoms with Gasteiger partial charge in [0.2, 0.25) is 0 Å². The van der Waals surface area contributed by atoms with Crippen LogP contribution in [0.5, 0.6) is 5.75 Å². The van der Waals surface area contributed by atoms with Gasteiger partial charge in [-0.15, -0.1) is 0 Å². The molecule has 0 aliphatic carbocycles. The van der Waals surface area contributed by atoms with E-state index in [0.717, 1.165) is 25.0 Å². The molecule has 4 heteroatoms. The SMILES string of the molecule is CCCCOCCOc1ccc(F)cc1C(C)NC. The fourth-order valence-electron chi connectivity index (χ4n) is 1.70. The highest BCUT2D eigenvalue weighted by atomic mass is 19.1. The first-order valence-corrected chi connectivity index (χ1v) is 6.86. The third kappa shape index (κ3) is 5.57. The Morgan fingerprint density at radius 2 is 2.05 bits per heavy atom. The first-order valence-electron chi connectivity index (χ1n) is 6.86. The Bertz CT molecular complexity index is 371. The Morgan fingerprint density at radius 3 is 2.74 bits per heavy atom. The maximum Gasteiger partial charge on any atom is 0.124 e. The molecule has 0 spiro atoms. The normalized spacial score (nSPS) is 12.4. The number of hydrogen-bond donors (Lipinski definition) is 1.